The highest BCUT2D eigenvalue weighted by atomic mass is 32.2. The third kappa shape index (κ3) is 4.30. The number of rotatable bonds is 5. The third-order valence-electron chi connectivity index (χ3n) is 3.82. The van der Waals surface area contributed by atoms with E-state index in [0.717, 1.165) is 11.3 Å². The van der Waals surface area contributed by atoms with E-state index in [0.29, 0.717) is 35.8 Å². The summed E-state index contributed by atoms with van der Waals surface area (Å²) in [5.41, 5.74) is 0. The van der Waals surface area contributed by atoms with Crippen LogP contribution in [0.15, 0.2) is 12.1 Å². The summed E-state index contributed by atoms with van der Waals surface area (Å²) < 4.78 is 29.7. The molecule has 2 heterocycles. The van der Waals surface area contributed by atoms with Gasteiger partial charge in [-0.25, -0.2) is 17.5 Å². The van der Waals surface area contributed by atoms with Crippen LogP contribution < -0.4 is 5.32 Å². The van der Waals surface area contributed by atoms with E-state index in [1.807, 2.05) is 0 Å². The lowest BCUT2D eigenvalue weighted by Crippen LogP contribution is -2.42. The molecule has 1 N–H and O–H groups in total. The average Bonchev–Trinajstić information content (AvgIpc) is 3.02. The number of carbonyl (C=O) groups is 2. The van der Waals surface area contributed by atoms with Crippen LogP contribution >= 0.6 is 11.3 Å². The molecule has 0 aliphatic carbocycles. The number of nitrogens with one attached hydrogen (secondary N) is 1. The van der Waals surface area contributed by atoms with Crippen LogP contribution in [0.3, 0.4) is 0 Å². The molecule has 0 atom stereocenters. The molecule has 0 spiro atoms. The van der Waals surface area contributed by atoms with E-state index in [-0.39, 0.29) is 17.6 Å². The van der Waals surface area contributed by atoms with E-state index in [1.165, 1.54) is 11.4 Å². The molecule has 0 radical (unpaired) electrons. The summed E-state index contributed by atoms with van der Waals surface area (Å²) in [6.07, 6.45) is 1.00. The molecule has 128 valence electrons. The fourth-order valence-electron chi connectivity index (χ4n) is 2.42. The van der Waals surface area contributed by atoms with Crippen molar-refractivity contribution in [2.75, 3.05) is 31.3 Å². The van der Waals surface area contributed by atoms with Gasteiger partial charge in [-0.3, -0.25) is 4.79 Å². The fourth-order valence-corrected chi connectivity index (χ4v) is 4.38. The van der Waals surface area contributed by atoms with E-state index < -0.39 is 16.0 Å². The Kier molecular flexibility index (Phi) is 5.77. The molecular weight excluding hydrogens is 340 g/mol. The fraction of sp³-hybridized carbons (Fsp3) is 0.571. The Labute approximate surface area is 139 Å². The Morgan fingerprint density at radius 2 is 2.00 bits per heavy atom. The number of ether oxygens (including phenoxy) is 1. The molecule has 1 saturated heterocycles. The molecular formula is C14H20N2O5S2. The number of piperidine rings is 1. The number of hydrogen-bond donors (Lipinski definition) is 1. The van der Waals surface area contributed by atoms with Crippen molar-refractivity contribution in [2.24, 2.45) is 5.92 Å². The largest absolute Gasteiger partial charge is 0.465 e. The second kappa shape index (κ2) is 7.41. The quantitative estimate of drug-likeness (QED) is 0.804. The summed E-state index contributed by atoms with van der Waals surface area (Å²) in [7, 11) is -1.88. The summed E-state index contributed by atoms with van der Waals surface area (Å²) in [6, 6.07) is 3.26. The highest BCUT2D eigenvalue weighted by Gasteiger charge is 2.30. The maximum absolute atomic E-state index is 12.3. The van der Waals surface area contributed by atoms with Gasteiger partial charge in [0, 0.05) is 19.0 Å². The van der Waals surface area contributed by atoms with E-state index in [2.05, 4.69) is 10.1 Å². The summed E-state index contributed by atoms with van der Waals surface area (Å²) in [6.45, 7) is 2.35. The smallest absolute Gasteiger partial charge is 0.348 e. The number of methoxy groups -OCH3 is 1. The van der Waals surface area contributed by atoms with Gasteiger partial charge in [-0.05, 0) is 31.9 Å². The van der Waals surface area contributed by atoms with Gasteiger partial charge in [-0.2, -0.15) is 0 Å². The van der Waals surface area contributed by atoms with Crippen molar-refractivity contribution in [1.29, 1.82) is 0 Å². The minimum absolute atomic E-state index is 0.0787. The first-order valence-corrected chi connectivity index (χ1v) is 9.76. The molecule has 0 bridgehead atoms. The zero-order valence-electron chi connectivity index (χ0n) is 13.1. The Bertz CT molecular complexity index is 675. The van der Waals surface area contributed by atoms with E-state index in [4.69, 9.17) is 0 Å². The second-order valence-electron chi connectivity index (χ2n) is 5.22. The third-order valence-corrected chi connectivity index (χ3v) is 6.68. The van der Waals surface area contributed by atoms with Crippen LogP contribution in [0.4, 0.5) is 5.00 Å². The number of nitrogens with zero attached hydrogens (tertiary/aromatic N) is 1. The highest BCUT2D eigenvalue weighted by molar-refractivity contribution is 7.89. The van der Waals surface area contributed by atoms with Crippen molar-refractivity contribution >= 4 is 38.2 Å². The Morgan fingerprint density at radius 3 is 2.57 bits per heavy atom. The van der Waals surface area contributed by atoms with Gasteiger partial charge in [0.25, 0.3) is 0 Å². The van der Waals surface area contributed by atoms with Crippen molar-refractivity contribution in [2.45, 2.75) is 19.8 Å². The molecule has 2 rings (SSSR count). The first-order chi connectivity index (χ1) is 10.9. The molecule has 7 nitrogen and oxygen atoms in total. The predicted octanol–water partition coefficient (Wildman–Crippen LogP) is 1.53. The molecule has 1 aromatic rings. The average molecular weight is 360 g/mol. The normalized spacial score (nSPS) is 17.0. The molecule has 1 aromatic heterocycles. The molecule has 1 aliphatic rings. The molecule has 0 unspecified atom stereocenters. The number of sulfonamides is 1. The minimum Gasteiger partial charge on any atom is -0.465 e. The van der Waals surface area contributed by atoms with Crippen LogP contribution in [0.25, 0.3) is 0 Å². The van der Waals surface area contributed by atoms with Crippen molar-refractivity contribution in [3.63, 3.8) is 0 Å². The lowest BCUT2D eigenvalue weighted by molar-refractivity contribution is -0.120. The standard InChI is InChI=1S/C14H20N2O5S2/c1-3-23(19,20)16-8-6-10(7-9-16)13(17)15-12-5-4-11(22-12)14(18)21-2/h4-5,10H,3,6-9H2,1-2H3,(H,15,17). The van der Waals surface area contributed by atoms with Crippen molar-refractivity contribution in [3.05, 3.63) is 17.0 Å². The molecule has 9 heteroatoms. The SMILES string of the molecule is CCS(=O)(=O)N1CCC(C(=O)Nc2ccc(C(=O)OC)s2)CC1. The van der Waals surface area contributed by atoms with Crippen molar-refractivity contribution in [1.82, 2.24) is 4.31 Å². The molecule has 23 heavy (non-hydrogen) atoms. The highest BCUT2D eigenvalue weighted by Crippen LogP contribution is 2.25. The van der Waals surface area contributed by atoms with Gasteiger partial charge < -0.3 is 10.1 Å². The Balaban J connectivity index is 1.90. The molecule has 1 aliphatic heterocycles. The lowest BCUT2D eigenvalue weighted by atomic mass is 9.97. The Morgan fingerprint density at radius 1 is 1.35 bits per heavy atom. The van der Waals surface area contributed by atoms with E-state index in [1.54, 1.807) is 19.1 Å². The van der Waals surface area contributed by atoms with Crippen LogP contribution in [0.5, 0.6) is 0 Å². The number of thiophene rings is 1. The molecule has 0 saturated carbocycles. The van der Waals surface area contributed by atoms with Crippen LogP contribution in [0, 0.1) is 5.92 Å². The number of esters is 1. The molecule has 1 amide bonds. The number of hydrogen-bond acceptors (Lipinski definition) is 6. The van der Waals surface area contributed by atoms with Gasteiger partial charge in [-0.1, -0.05) is 0 Å². The van der Waals surface area contributed by atoms with Crippen LogP contribution in [0.2, 0.25) is 0 Å². The monoisotopic (exact) mass is 360 g/mol. The van der Waals surface area contributed by atoms with Gasteiger partial charge >= 0.3 is 5.97 Å². The van der Waals surface area contributed by atoms with Gasteiger partial charge in [0.2, 0.25) is 15.9 Å². The predicted molar refractivity (Wildman–Crippen MR) is 88.0 cm³/mol. The molecule has 1 fully saturated rings. The summed E-state index contributed by atoms with van der Waals surface area (Å²) in [5, 5.41) is 3.36. The van der Waals surface area contributed by atoms with Gasteiger partial charge in [0.05, 0.1) is 17.9 Å². The van der Waals surface area contributed by atoms with Crippen LogP contribution in [-0.4, -0.2) is 50.6 Å². The second-order valence-corrected chi connectivity index (χ2v) is 8.56. The topological polar surface area (TPSA) is 92.8 Å². The maximum Gasteiger partial charge on any atom is 0.348 e. The van der Waals surface area contributed by atoms with Crippen molar-refractivity contribution < 1.29 is 22.7 Å². The zero-order chi connectivity index (χ0) is 17.0. The van der Waals surface area contributed by atoms with Crippen LogP contribution in [-0.2, 0) is 19.6 Å². The number of anilines is 1. The summed E-state index contributed by atoms with van der Waals surface area (Å²) >= 11 is 1.15. The van der Waals surface area contributed by atoms with Gasteiger partial charge in [-0.15, -0.1) is 11.3 Å². The van der Waals surface area contributed by atoms with E-state index in [9.17, 15) is 18.0 Å². The molecule has 0 aromatic carbocycles. The summed E-state index contributed by atoms with van der Waals surface area (Å²) in [5.74, 6) is -0.720. The first-order valence-electron chi connectivity index (χ1n) is 7.34. The number of amides is 1. The Hall–Kier alpha value is -1.45. The summed E-state index contributed by atoms with van der Waals surface area (Å²) in [4.78, 5) is 24.1. The maximum atomic E-state index is 12.3. The van der Waals surface area contributed by atoms with Gasteiger partial charge in [0.1, 0.15) is 4.88 Å². The van der Waals surface area contributed by atoms with E-state index >= 15 is 0 Å². The zero-order valence-corrected chi connectivity index (χ0v) is 14.7. The van der Waals surface area contributed by atoms with Crippen LogP contribution in [0.1, 0.15) is 29.4 Å². The minimum atomic E-state index is -3.19. The lowest BCUT2D eigenvalue weighted by Gasteiger charge is -2.30. The van der Waals surface area contributed by atoms with Gasteiger partial charge in [0.15, 0.2) is 0 Å². The number of carbonyl (C=O) groups excluding carboxylic acids is 2. The van der Waals surface area contributed by atoms with Crippen molar-refractivity contribution in [3.8, 4) is 0 Å². The first kappa shape index (κ1) is 17.9.